The average molecular weight is 285 g/mol. The van der Waals surface area contributed by atoms with Crippen molar-refractivity contribution < 1.29 is 4.79 Å². The Labute approximate surface area is 100 Å². The molecule has 0 unspecified atom stereocenters. The summed E-state index contributed by atoms with van der Waals surface area (Å²) in [5.41, 5.74) is -0.714. The molecule has 1 N–H and O–H groups in total. The Morgan fingerprint density at radius 2 is 2.40 bits per heavy atom. The Kier molecular flexibility index (Phi) is 2.81. The van der Waals surface area contributed by atoms with Crippen LogP contribution in [0.15, 0.2) is 15.9 Å². The van der Waals surface area contributed by atoms with E-state index in [0.717, 1.165) is 8.66 Å². The lowest BCUT2D eigenvalue weighted by molar-refractivity contribution is -0.124. The van der Waals surface area contributed by atoms with Gasteiger partial charge in [0.15, 0.2) is 0 Å². The van der Waals surface area contributed by atoms with Gasteiger partial charge in [0.05, 0.1) is 16.4 Å². The van der Waals surface area contributed by atoms with Crippen LogP contribution in [-0.2, 0) is 11.3 Å². The van der Waals surface area contributed by atoms with E-state index in [0.29, 0.717) is 19.4 Å². The van der Waals surface area contributed by atoms with E-state index in [-0.39, 0.29) is 5.91 Å². The van der Waals surface area contributed by atoms with Crippen LogP contribution in [0.1, 0.15) is 17.7 Å². The number of nitrogens with one attached hydrogen (secondary N) is 1. The SMILES string of the molecule is N#CC1(C(=O)NCc2ccc(Br)s2)CC1. The zero-order valence-corrected chi connectivity index (χ0v) is 10.3. The lowest BCUT2D eigenvalue weighted by Gasteiger charge is -2.06. The quantitative estimate of drug-likeness (QED) is 0.927. The van der Waals surface area contributed by atoms with E-state index < -0.39 is 5.41 Å². The maximum atomic E-state index is 11.6. The van der Waals surface area contributed by atoms with Crippen LogP contribution in [0.2, 0.25) is 0 Å². The summed E-state index contributed by atoms with van der Waals surface area (Å²) in [5, 5.41) is 11.6. The van der Waals surface area contributed by atoms with Crippen LogP contribution in [-0.4, -0.2) is 5.91 Å². The van der Waals surface area contributed by atoms with Gasteiger partial charge in [0.25, 0.3) is 0 Å². The van der Waals surface area contributed by atoms with Crippen molar-refractivity contribution in [3.63, 3.8) is 0 Å². The van der Waals surface area contributed by atoms with Gasteiger partial charge in [-0.2, -0.15) is 5.26 Å². The molecule has 0 spiro atoms. The molecule has 1 aliphatic rings. The van der Waals surface area contributed by atoms with Crippen molar-refractivity contribution in [3.05, 3.63) is 20.8 Å². The Bertz CT molecular complexity index is 431. The van der Waals surface area contributed by atoms with Gasteiger partial charge >= 0.3 is 0 Å². The first-order valence-electron chi connectivity index (χ1n) is 4.60. The van der Waals surface area contributed by atoms with Crippen LogP contribution in [0.25, 0.3) is 0 Å². The average Bonchev–Trinajstić information content (AvgIpc) is 2.93. The molecule has 0 aromatic carbocycles. The predicted molar refractivity (Wildman–Crippen MR) is 61.1 cm³/mol. The van der Waals surface area contributed by atoms with E-state index in [4.69, 9.17) is 5.26 Å². The van der Waals surface area contributed by atoms with Gasteiger partial charge in [0, 0.05) is 4.88 Å². The van der Waals surface area contributed by atoms with Crippen molar-refractivity contribution in [3.8, 4) is 6.07 Å². The number of nitrogens with zero attached hydrogens (tertiary/aromatic N) is 1. The van der Waals surface area contributed by atoms with Crippen LogP contribution >= 0.6 is 27.3 Å². The number of amides is 1. The highest BCUT2D eigenvalue weighted by Crippen LogP contribution is 2.45. The molecule has 1 aromatic rings. The molecule has 0 bridgehead atoms. The van der Waals surface area contributed by atoms with Gasteiger partial charge in [0.1, 0.15) is 5.41 Å². The minimum Gasteiger partial charge on any atom is -0.350 e. The van der Waals surface area contributed by atoms with E-state index in [2.05, 4.69) is 27.3 Å². The number of halogens is 1. The summed E-state index contributed by atoms with van der Waals surface area (Å²) in [6.45, 7) is 0.512. The van der Waals surface area contributed by atoms with E-state index in [1.54, 1.807) is 11.3 Å². The van der Waals surface area contributed by atoms with E-state index in [9.17, 15) is 4.79 Å². The standard InChI is InChI=1S/C10H9BrN2OS/c11-8-2-1-7(15-8)5-13-9(14)10(6-12)3-4-10/h1-2H,3-5H2,(H,13,14). The number of carbonyl (C=O) groups excluding carboxylic acids is 1. The molecule has 0 atom stereocenters. The number of rotatable bonds is 3. The molecule has 1 amide bonds. The number of carbonyl (C=O) groups is 1. The van der Waals surface area contributed by atoms with Gasteiger partial charge in [-0.1, -0.05) is 0 Å². The van der Waals surface area contributed by atoms with Crippen LogP contribution < -0.4 is 5.32 Å². The minimum atomic E-state index is -0.714. The highest BCUT2D eigenvalue weighted by atomic mass is 79.9. The Morgan fingerprint density at radius 1 is 1.67 bits per heavy atom. The third-order valence-electron chi connectivity index (χ3n) is 2.45. The molecule has 1 aromatic heterocycles. The smallest absolute Gasteiger partial charge is 0.240 e. The number of nitriles is 1. The van der Waals surface area contributed by atoms with Crippen molar-refractivity contribution in [2.45, 2.75) is 19.4 Å². The Balaban J connectivity index is 1.89. The maximum absolute atomic E-state index is 11.6. The molecule has 1 heterocycles. The second-order valence-corrected chi connectivity index (χ2v) is 6.13. The van der Waals surface area contributed by atoms with Crippen molar-refractivity contribution in [2.75, 3.05) is 0 Å². The summed E-state index contributed by atoms with van der Waals surface area (Å²) in [6, 6.07) is 5.98. The zero-order chi connectivity index (χ0) is 10.9. The van der Waals surface area contributed by atoms with Gasteiger partial charge in [-0.15, -0.1) is 11.3 Å². The Morgan fingerprint density at radius 3 is 2.87 bits per heavy atom. The third-order valence-corrected chi connectivity index (χ3v) is 4.07. The number of hydrogen-bond donors (Lipinski definition) is 1. The molecule has 5 heteroatoms. The van der Waals surface area contributed by atoms with Crippen LogP contribution in [0, 0.1) is 16.7 Å². The first-order chi connectivity index (χ1) is 7.16. The first kappa shape index (κ1) is 10.7. The summed E-state index contributed by atoms with van der Waals surface area (Å²) in [7, 11) is 0. The maximum Gasteiger partial charge on any atom is 0.240 e. The van der Waals surface area contributed by atoms with Gasteiger partial charge in [-0.25, -0.2) is 0 Å². The zero-order valence-electron chi connectivity index (χ0n) is 7.92. The molecule has 0 aliphatic heterocycles. The number of hydrogen-bond acceptors (Lipinski definition) is 3. The van der Waals surface area contributed by atoms with Gasteiger partial charge in [0.2, 0.25) is 5.91 Å². The summed E-state index contributed by atoms with van der Waals surface area (Å²) >= 11 is 4.95. The predicted octanol–water partition coefficient (Wildman–Crippen LogP) is 2.43. The van der Waals surface area contributed by atoms with Crippen LogP contribution in [0.5, 0.6) is 0 Å². The molecule has 78 valence electrons. The van der Waals surface area contributed by atoms with Gasteiger partial charge < -0.3 is 5.32 Å². The van der Waals surface area contributed by atoms with E-state index >= 15 is 0 Å². The highest BCUT2D eigenvalue weighted by Gasteiger charge is 2.50. The van der Waals surface area contributed by atoms with Crippen molar-refractivity contribution in [2.24, 2.45) is 5.41 Å². The summed E-state index contributed by atoms with van der Waals surface area (Å²) in [6.07, 6.45) is 1.40. The molecular formula is C10H9BrN2OS. The molecule has 2 rings (SSSR count). The molecule has 0 radical (unpaired) electrons. The van der Waals surface area contributed by atoms with E-state index in [1.165, 1.54) is 0 Å². The molecule has 15 heavy (non-hydrogen) atoms. The molecular weight excluding hydrogens is 276 g/mol. The summed E-state index contributed by atoms with van der Waals surface area (Å²) in [4.78, 5) is 12.7. The topological polar surface area (TPSA) is 52.9 Å². The fourth-order valence-electron chi connectivity index (χ4n) is 1.30. The lowest BCUT2D eigenvalue weighted by atomic mass is 10.1. The lowest BCUT2D eigenvalue weighted by Crippen LogP contribution is -2.30. The molecule has 1 saturated carbocycles. The fraction of sp³-hybridized carbons (Fsp3) is 0.400. The second kappa shape index (κ2) is 3.95. The molecule has 3 nitrogen and oxygen atoms in total. The minimum absolute atomic E-state index is 0.130. The van der Waals surface area contributed by atoms with Crippen molar-refractivity contribution in [1.29, 1.82) is 5.26 Å². The molecule has 1 aliphatic carbocycles. The Hall–Kier alpha value is -0.860. The largest absolute Gasteiger partial charge is 0.350 e. The monoisotopic (exact) mass is 284 g/mol. The van der Waals surface area contributed by atoms with Crippen LogP contribution in [0.4, 0.5) is 0 Å². The molecule has 1 fully saturated rings. The third kappa shape index (κ3) is 2.21. The molecule has 0 saturated heterocycles. The van der Waals surface area contributed by atoms with Crippen LogP contribution in [0.3, 0.4) is 0 Å². The summed E-state index contributed by atoms with van der Waals surface area (Å²) < 4.78 is 1.05. The second-order valence-electron chi connectivity index (χ2n) is 3.58. The van der Waals surface area contributed by atoms with Gasteiger partial charge in [-0.3, -0.25) is 4.79 Å². The normalized spacial score (nSPS) is 16.8. The van der Waals surface area contributed by atoms with E-state index in [1.807, 2.05) is 12.1 Å². The van der Waals surface area contributed by atoms with Crippen molar-refractivity contribution >= 4 is 33.2 Å². The first-order valence-corrected chi connectivity index (χ1v) is 6.21. The fourth-order valence-corrected chi connectivity index (χ4v) is 2.72. The highest BCUT2D eigenvalue weighted by molar-refractivity contribution is 9.11. The van der Waals surface area contributed by atoms with Crippen molar-refractivity contribution in [1.82, 2.24) is 5.32 Å². The summed E-state index contributed by atoms with van der Waals surface area (Å²) in [5.74, 6) is -0.130. The number of thiophene rings is 1. The van der Waals surface area contributed by atoms with Gasteiger partial charge in [-0.05, 0) is 40.9 Å².